The van der Waals surface area contributed by atoms with Crippen molar-refractivity contribution < 1.29 is 14.3 Å². The van der Waals surface area contributed by atoms with E-state index in [4.69, 9.17) is 27.6 Å². The van der Waals surface area contributed by atoms with Gasteiger partial charge in [-0.25, -0.2) is 14.4 Å². The van der Waals surface area contributed by atoms with Crippen LogP contribution in [0.4, 0.5) is 22.0 Å². The van der Waals surface area contributed by atoms with Crippen molar-refractivity contribution in [1.82, 2.24) is 19.5 Å². The Kier molecular flexibility index (Phi) is 7.11. The lowest BCUT2D eigenvalue weighted by Crippen LogP contribution is -2.38. The number of amides is 1. The van der Waals surface area contributed by atoms with Gasteiger partial charge >= 0.3 is 0 Å². The van der Waals surface area contributed by atoms with Crippen molar-refractivity contribution in [2.24, 2.45) is 11.1 Å². The Morgan fingerprint density at radius 2 is 2.05 bits per heavy atom. The van der Waals surface area contributed by atoms with Gasteiger partial charge in [0, 0.05) is 17.5 Å². The van der Waals surface area contributed by atoms with E-state index in [-0.39, 0.29) is 40.4 Å². The van der Waals surface area contributed by atoms with Gasteiger partial charge in [0.15, 0.2) is 5.65 Å². The van der Waals surface area contributed by atoms with Crippen LogP contribution in [0, 0.1) is 22.6 Å². The zero-order valence-electron chi connectivity index (χ0n) is 21.0. The van der Waals surface area contributed by atoms with E-state index in [0.717, 1.165) is 25.3 Å². The Hall–Kier alpha value is -3.49. The average Bonchev–Trinajstić information content (AvgIpc) is 3.23. The fourth-order valence-corrected chi connectivity index (χ4v) is 5.74. The van der Waals surface area contributed by atoms with E-state index in [0.29, 0.717) is 55.2 Å². The van der Waals surface area contributed by atoms with E-state index >= 15 is 0 Å². The van der Waals surface area contributed by atoms with Gasteiger partial charge in [-0.3, -0.25) is 9.36 Å². The fourth-order valence-electron chi connectivity index (χ4n) is 5.49. The third-order valence-electron chi connectivity index (χ3n) is 7.84. The van der Waals surface area contributed by atoms with Gasteiger partial charge in [0.25, 0.3) is 0 Å². The molecule has 1 amide bonds. The van der Waals surface area contributed by atoms with E-state index in [9.17, 15) is 14.3 Å². The monoisotopic (exact) mass is 540 g/mol. The molecule has 5 rings (SSSR count). The summed E-state index contributed by atoms with van der Waals surface area (Å²) < 4.78 is 16.8. The number of carbonyl (C=O) groups is 1. The van der Waals surface area contributed by atoms with Crippen molar-refractivity contribution in [1.29, 1.82) is 5.26 Å². The first-order chi connectivity index (χ1) is 18.2. The zero-order chi connectivity index (χ0) is 27.0. The maximum atomic E-state index is 14.9. The Labute approximate surface area is 224 Å². The second-order valence-corrected chi connectivity index (χ2v) is 11.0. The fraction of sp³-hybridized carbons (Fsp3) is 0.500. The van der Waals surface area contributed by atoms with Crippen LogP contribution in [0.15, 0.2) is 18.3 Å². The summed E-state index contributed by atoms with van der Waals surface area (Å²) in [5.41, 5.74) is 6.25. The molecule has 0 aliphatic heterocycles. The SMILES string of the molecule is C[C@]1(C(N)=O)CC[C@@H](n2c(Nc3c(F)cc(C#N)cc3Cl)nc3cnc(N[C@H]4CCC[C@H](O)C4)nc32)CC1. The van der Waals surface area contributed by atoms with E-state index in [2.05, 4.69) is 20.6 Å². The smallest absolute Gasteiger partial charge is 0.224 e. The molecule has 12 heteroatoms. The maximum absolute atomic E-state index is 14.9. The number of rotatable bonds is 6. The van der Waals surface area contributed by atoms with Crippen LogP contribution in [0.25, 0.3) is 11.2 Å². The largest absolute Gasteiger partial charge is 0.393 e. The molecule has 0 saturated heterocycles. The number of halogens is 2. The highest BCUT2D eigenvalue weighted by atomic mass is 35.5. The number of nitriles is 1. The molecular formula is C26H30ClFN8O2. The molecule has 0 unspecified atom stereocenters. The highest BCUT2D eigenvalue weighted by molar-refractivity contribution is 6.33. The van der Waals surface area contributed by atoms with Crippen molar-refractivity contribution in [2.45, 2.75) is 76.5 Å². The molecule has 2 atom stereocenters. The molecule has 38 heavy (non-hydrogen) atoms. The van der Waals surface area contributed by atoms with Crippen molar-refractivity contribution in [3.63, 3.8) is 0 Å². The number of nitrogens with two attached hydrogens (primary N) is 1. The predicted octanol–water partition coefficient (Wildman–Crippen LogP) is 4.56. The van der Waals surface area contributed by atoms with Crippen LogP contribution in [-0.4, -0.2) is 42.7 Å². The third-order valence-corrected chi connectivity index (χ3v) is 8.14. The minimum atomic E-state index is -0.679. The molecule has 2 aromatic heterocycles. The summed E-state index contributed by atoms with van der Waals surface area (Å²) in [5, 5.41) is 25.6. The number of aliphatic hydroxyl groups excluding tert-OH is 1. The number of aromatic nitrogens is 4. The number of nitrogens with one attached hydrogen (secondary N) is 2. The molecule has 5 N–H and O–H groups in total. The van der Waals surface area contributed by atoms with Crippen molar-refractivity contribution in [3.05, 3.63) is 34.7 Å². The number of fused-ring (bicyclic) bond motifs is 1. The van der Waals surface area contributed by atoms with Crippen LogP contribution in [0.5, 0.6) is 0 Å². The Morgan fingerprint density at radius 1 is 1.29 bits per heavy atom. The van der Waals surface area contributed by atoms with Gasteiger partial charge in [0.2, 0.25) is 17.8 Å². The Morgan fingerprint density at radius 3 is 2.71 bits per heavy atom. The van der Waals surface area contributed by atoms with Crippen molar-refractivity contribution in [2.75, 3.05) is 10.6 Å². The van der Waals surface area contributed by atoms with E-state index in [1.54, 1.807) is 6.20 Å². The quantitative estimate of drug-likeness (QED) is 0.355. The number of anilines is 3. The van der Waals surface area contributed by atoms with Gasteiger partial charge < -0.3 is 21.5 Å². The molecule has 200 valence electrons. The highest BCUT2D eigenvalue weighted by Crippen LogP contribution is 2.43. The van der Waals surface area contributed by atoms with E-state index in [1.807, 2.05) is 17.6 Å². The van der Waals surface area contributed by atoms with Gasteiger partial charge in [0.05, 0.1) is 34.6 Å². The predicted molar refractivity (Wildman–Crippen MR) is 141 cm³/mol. The van der Waals surface area contributed by atoms with Crippen LogP contribution in [-0.2, 0) is 4.79 Å². The molecule has 0 radical (unpaired) electrons. The van der Waals surface area contributed by atoms with E-state index in [1.165, 1.54) is 6.07 Å². The first kappa shape index (κ1) is 26.1. The van der Waals surface area contributed by atoms with Crippen LogP contribution >= 0.6 is 11.6 Å². The summed E-state index contributed by atoms with van der Waals surface area (Å²) in [4.78, 5) is 25.9. The second kappa shape index (κ2) is 10.3. The molecule has 2 fully saturated rings. The molecule has 10 nitrogen and oxygen atoms in total. The van der Waals surface area contributed by atoms with Crippen LogP contribution < -0.4 is 16.4 Å². The Bertz CT molecular complexity index is 1390. The summed E-state index contributed by atoms with van der Waals surface area (Å²) >= 11 is 6.32. The summed E-state index contributed by atoms with van der Waals surface area (Å²) in [6.07, 6.45) is 6.98. The number of imidazole rings is 1. The van der Waals surface area contributed by atoms with Crippen LogP contribution in [0.2, 0.25) is 5.02 Å². The molecule has 2 saturated carbocycles. The average molecular weight is 541 g/mol. The molecule has 0 spiro atoms. The second-order valence-electron chi connectivity index (χ2n) is 10.6. The molecule has 1 aromatic carbocycles. The van der Waals surface area contributed by atoms with Gasteiger partial charge in [0.1, 0.15) is 11.3 Å². The zero-order valence-corrected chi connectivity index (χ0v) is 21.8. The number of carbonyl (C=O) groups excluding carboxylic acids is 1. The summed E-state index contributed by atoms with van der Waals surface area (Å²) in [6, 6.07) is 4.36. The minimum absolute atomic E-state index is 0.00232. The molecule has 2 heterocycles. The number of nitrogens with zero attached hydrogens (tertiary/aromatic N) is 5. The molecule has 0 bridgehead atoms. The lowest BCUT2D eigenvalue weighted by molar-refractivity contribution is -0.128. The maximum Gasteiger partial charge on any atom is 0.224 e. The van der Waals surface area contributed by atoms with E-state index < -0.39 is 11.2 Å². The Balaban J connectivity index is 1.53. The number of hydrogen-bond donors (Lipinski definition) is 4. The van der Waals surface area contributed by atoms with Crippen molar-refractivity contribution >= 4 is 46.3 Å². The lowest BCUT2D eigenvalue weighted by Gasteiger charge is -2.35. The number of aliphatic hydroxyl groups is 1. The summed E-state index contributed by atoms with van der Waals surface area (Å²) in [6.45, 7) is 1.88. The number of primary amides is 1. The van der Waals surface area contributed by atoms with Gasteiger partial charge in [-0.1, -0.05) is 18.5 Å². The van der Waals surface area contributed by atoms with Crippen LogP contribution in [0.3, 0.4) is 0 Å². The van der Waals surface area contributed by atoms with Gasteiger partial charge in [-0.2, -0.15) is 10.2 Å². The standard InChI is InChI=1S/C26H30ClFN8O2/c1-26(23(30)38)7-5-16(6-8-26)36-22-20(13-31-24(35-22)32-15-3-2-4-17(37)11-15)33-25(36)34-21-18(27)9-14(12-29)10-19(21)28/h9-10,13,15-17,37H,2-8,11H2,1H3,(H2,30,38)(H,33,34)(H,31,32,35)/t15-,16-,17-,26+/m0/s1. The topological polar surface area (TPSA) is 155 Å². The van der Waals surface area contributed by atoms with Gasteiger partial charge in [-0.15, -0.1) is 0 Å². The molecular weight excluding hydrogens is 511 g/mol. The normalized spacial score (nSPS) is 25.6. The van der Waals surface area contributed by atoms with Gasteiger partial charge in [-0.05, 0) is 63.5 Å². The molecule has 2 aliphatic rings. The van der Waals surface area contributed by atoms with Crippen LogP contribution in [0.1, 0.15) is 69.9 Å². The van der Waals surface area contributed by atoms with Crippen molar-refractivity contribution in [3.8, 4) is 6.07 Å². The highest BCUT2D eigenvalue weighted by Gasteiger charge is 2.38. The third kappa shape index (κ3) is 5.11. The minimum Gasteiger partial charge on any atom is -0.393 e. The summed E-state index contributed by atoms with van der Waals surface area (Å²) in [5.74, 6) is -0.246. The molecule has 2 aliphatic carbocycles. The first-order valence-electron chi connectivity index (χ1n) is 12.8. The molecule has 3 aromatic rings. The lowest BCUT2D eigenvalue weighted by atomic mass is 9.73. The number of hydrogen-bond acceptors (Lipinski definition) is 8. The first-order valence-corrected chi connectivity index (χ1v) is 13.2. The summed E-state index contributed by atoms with van der Waals surface area (Å²) in [7, 11) is 0. The number of benzene rings is 1.